The Balaban J connectivity index is 0.000000281. The van der Waals surface area contributed by atoms with Gasteiger partial charge in [0.2, 0.25) is 0 Å². The second-order valence-electron chi connectivity index (χ2n) is 6.40. The fourth-order valence-electron chi connectivity index (χ4n) is 2.90. The number of rotatable bonds is 4. The van der Waals surface area contributed by atoms with Crippen LogP contribution in [0.15, 0.2) is 121 Å². The topological polar surface area (TPSA) is 46.1 Å². The van der Waals surface area contributed by atoms with Gasteiger partial charge >= 0.3 is 59.1 Å². The van der Waals surface area contributed by atoms with E-state index < -0.39 is 18.1 Å². The van der Waals surface area contributed by atoms with Crippen LogP contribution in [0.2, 0.25) is 0 Å². The predicted octanol–water partition coefficient (Wildman–Crippen LogP) is -6.22. The maximum Gasteiger partial charge on any atom is 1.00 e. The van der Waals surface area contributed by atoms with E-state index in [1.165, 1.54) is 0 Å². The number of hydrogen-bond donors (Lipinski definition) is 0. The Morgan fingerprint density at radius 2 is 0.500 bits per heavy atom. The molecule has 6 heteroatoms. The van der Waals surface area contributed by atoms with E-state index in [0.717, 1.165) is 20.7 Å². The first-order valence-electron chi connectivity index (χ1n) is 9.27. The minimum absolute atomic E-state index is 0. The zero-order chi connectivity index (χ0) is 19.6. The van der Waals surface area contributed by atoms with E-state index in [1.807, 2.05) is 121 Å². The molecule has 2 nitrogen and oxygen atoms in total. The first-order valence-corrected chi connectivity index (χ1v) is 12.5. The third-order valence-corrected chi connectivity index (χ3v) is 8.37. The second kappa shape index (κ2) is 15.1. The van der Waals surface area contributed by atoms with Crippen LogP contribution in [-0.4, -0.2) is 18.1 Å². The molecule has 0 amide bonds. The summed E-state index contributed by atoms with van der Waals surface area (Å²) in [5.74, 6) is 0. The smallest absolute Gasteiger partial charge is 0.854 e. The summed E-state index contributed by atoms with van der Waals surface area (Å²) in [6.07, 6.45) is 0. The van der Waals surface area contributed by atoms with Crippen LogP contribution in [0.1, 0.15) is 0 Å². The first kappa shape index (κ1) is 27.3. The molecule has 0 saturated carbocycles. The van der Waals surface area contributed by atoms with Crippen LogP contribution < -0.4 is 89.5 Å². The minimum atomic E-state index is -2.17. The van der Waals surface area contributed by atoms with Gasteiger partial charge < -0.3 is 9.59 Å². The zero-order valence-corrected chi connectivity index (χ0v) is 23.8. The van der Waals surface area contributed by atoms with Crippen LogP contribution in [0, 0.1) is 0 Å². The summed E-state index contributed by atoms with van der Waals surface area (Å²) in [5.41, 5.74) is 0. The van der Waals surface area contributed by atoms with Gasteiger partial charge in [-0.15, -0.1) is 0 Å². The molecule has 0 aromatic heterocycles. The van der Waals surface area contributed by atoms with Crippen molar-refractivity contribution in [2.45, 2.75) is 0 Å². The van der Waals surface area contributed by atoms with Gasteiger partial charge in [-0.2, -0.15) is 0 Å². The van der Waals surface area contributed by atoms with E-state index in [0.29, 0.717) is 0 Å². The van der Waals surface area contributed by atoms with Gasteiger partial charge in [-0.1, -0.05) is 142 Å². The van der Waals surface area contributed by atoms with E-state index in [9.17, 15) is 9.59 Å². The van der Waals surface area contributed by atoms with Gasteiger partial charge in [0, 0.05) is 18.1 Å². The Bertz CT molecular complexity index is 784. The molecule has 0 aliphatic rings. The normalized spacial score (nSPS) is 9.73. The van der Waals surface area contributed by atoms with Crippen molar-refractivity contribution >= 4 is 38.8 Å². The molecule has 140 valence electrons. The summed E-state index contributed by atoms with van der Waals surface area (Å²) in [4.78, 5) is 24.1. The van der Waals surface area contributed by atoms with Crippen LogP contribution in [0.5, 0.6) is 0 Å². The van der Waals surface area contributed by atoms with Crippen LogP contribution in [0.25, 0.3) is 0 Å². The second-order valence-corrected chi connectivity index (χ2v) is 10.6. The molecule has 0 aliphatic heterocycles. The monoisotopic (exact) mass is 444 g/mol. The molecule has 4 aromatic carbocycles. The predicted molar refractivity (Wildman–Crippen MR) is 119 cm³/mol. The molecule has 0 aliphatic carbocycles. The van der Waals surface area contributed by atoms with E-state index in [4.69, 9.17) is 0 Å². The maximum absolute atomic E-state index is 12.1. The molecule has 4 aromatic rings. The summed E-state index contributed by atoms with van der Waals surface area (Å²) in [6.45, 7) is 0. The van der Waals surface area contributed by atoms with Crippen molar-refractivity contribution < 1.29 is 68.7 Å². The molecular weight excluding hydrogens is 422 g/mol. The molecule has 0 saturated heterocycles. The van der Waals surface area contributed by atoms with Crippen LogP contribution in [0.3, 0.4) is 0 Å². The summed E-state index contributed by atoms with van der Waals surface area (Å²) in [6, 6.07) is 38.6. The quantitative estimate of drug-likeness (QED) is 0.294. The van der Waals surface area contributed by atoms with Crippen molar-refractivity contribution in [3.8, 4) is 0 Å². The van der Waals surface area contributed by atoms with Crippen LogP contribution in [-0.2, 0) is 0 Å². The molecular formula is C24H22Na2O2Si2. The maximum atomic E-state index is 12.1. The third-order valence-electron chi connectivity index (χ3n) is 4.41. The molecule has 4 rings (SSSR count). The molecule has 0 atom stereocenters. The van der Waals surface area contributed by atoms with Crippen molar-refractivity contribution in [3.63, 3.8) is 0 Å². The van der Waals surface area contributed by atoms with Crippen molar-refractivity contribution in [1.29, 1.82) is 0 Å². The van der Waals surface area contributed by atoms with E-state index >= 15 is 0 Å². The van der Waals surface area contributed by atoms with Gasteiger partial charge in [0.25, 0.3) is 0 Å². The number of benzene rings is 4. The van der Waals surface area contributed by atoms with Gasteiger partial charge in [-0.3, -0.25) is 0 Å². The van der Waals surface area contributed by atoms with Gasteiger partial charge in [0.1, 0.15) is 0 Å². The van der Waals surface area contributed by atoms with Crippen molar-refractivity contribution in [1.82, 2.24) is 0 Å². The summed E-state index contributed by atoms with van der Waals surface area (Å²) >= 11 is 0. The molecule has 0 spiro atoms. The van der Waals surface area contributed by atoms with Crippen LogP contribution >= 0.6 is 0 Å². The Kier molecular flexibility index (Phi) is 13.7. The number of hydrogen-bond acceptors (Lipinski definition) is 2. The van der Waals surface area contributed by atoms with Gasteiger partial charge in [-0.25, -0.2) is 0 Å². The summed E-state index contributed by atoms with van der Waals surface area (Å²) < 4.78 is 0. The summed E-state index contributed by atoms with van der Waals surface area (Å²) in [7, 11) is -4.34. The van der Waals surface area contributed by atoms with E-state index in [2.05, 4.69) is 0 Å². The first-order chi connectivity index (χ1) is 13.8. The summed E-state index contributed by atoms with van der Waals surface area (Å²) in [5, 5.41) is 3.83. The third kappa shape index (κ3) is 8.40. The molecule has 0 unspecified atom stereocenters. The van der Waals surface area contributed by atoms with Crippen molar-refractivity contribution in [2.24, 2.45) is 0 Å². The van der Waals surface area contributed by atoms with E-state index in [-0.39, 0.29) is 59.1 Å². The average Bonchev–Trinajstić information content (AvgIpc) is 2.81. The van der Waals surface area contributed by atoms with E-state index in [1.54, 1.807) is 0 Å². The SMILES string of the molecule is [Na+].[Na+].[O-][SiH](c1ccccc1)c1ccccc1.[O-][SiH](c1ccccc1)c1ccccc1. The average molecular weight is 445 g/mol. The molecule has 30 heavy (non-hydrogen) atoms. The van der Waals surface area contributed by atoms with Gasteiger partial charge in [0.15, 0.2) is 0 Å². The molecule has 0 bridgehead atoms. The fraction of sp³-hybridized carbons (Fsp3) is 0. The molecule has 0 N–H and O–H groups in total. The fourth-order valence-corrected chi connectivity index (χ4v) is 5.95. The Morgan fingerprint density at radius 3 is 0.667 bits per heavy atom. The zero-order valence-electron chi connectivity index (χ0n) is 17.5. The molecule has 0 radical (unpaired) electrons. The van der Waals surface area contributed by atoms with Gasteiger partial charge in [0.05, 0.1) is 0 Å². The Hall–Kier alpha value is -0.766. The standard InChI is InChI=1S/2C12H11OSi.2Na/c2*13-14(11-7-3-1-4-8-11)12-9-5-2-6-10-12;;/h2*1-10,14H;;/q2*-1;2*+1. The van der Waals surface area contributed by atoms with Crippen LogP contribution in [0.4, 0.5) is 0 Å². The minimum Gasteiger partial charge on any atom is -0.854 e. The van der Waals surface area contributed by atoms with Crippen molar-refractivity contribution in [2.75, 3.05) is 0 Å². The van der Waals surface area contributed by atoms with Crippen molar-refractivity contribution in [3.05, 3.63) is 121 Å². The Labute approximate surface area is 226 Å². The molecule has 0 fully saturated rings. The Morgan fingerprint density at radius 1 is 0.333 bits per heavy atom. The molecule has 0 heterocycles. The van der Waals surface area contributed by atoms with Gasteiger partial charge in [-0.05, 0) is 0 Å². The largest absolute Gasteiger partial charge is 1.00 e.